The molecular formula is C68H79F7N10O10. The van der Waals surface area contributed by atoms with E-state index in [9.17, 15) is 60.3 Å². The number of hydrogen-bond acceptors (Lipinski definition) is 17. The van der Waals surface area contributed by atoms with Crippen LogP contribution < -0.4 is 31.9 Å². The van der Waals surface area contributed by atoms with E-state index in [2.05, 4.69) is 10.0 Å². The molecule has 4 atom stereocenters. The first-order valence-electron chi connectivity index (χ1n) is 29.9. The van der Waals surface area contributed by atoms with Crippen LogP contribution in [-0.4, -0.2) is 111 Å². The molecule has 3 saturated heterocycles. The third-order valence-electron chi connectivity index (χ3n) is 14.4. The van der Waals surface area contributed by atoms with E-state index in [1.165, 1.54) is 106 Å². The molecule has 27 heteroatoms. The summed E-state index contributed by atoms with van der Waals surface area (Å²) in [7, 11) is 0. The minimum Gasteiger partial charge on any atom is -0.396 e. The van der Waals surface area contributed by atoms with E-state index in [1.54, 1.807) is 51.1 Å². The van der Waals surface area contributed by atoms with Crippen molar-refractivity contribution in [2.45, 2.75) is 72.8 Å². The molecule has 0 amide bonds. The SMILES string of the molecule is CC(=O)c1ccc(F)c(N)c1.CC(=O)c1ccc(F)c([N+](=O)[O-])c1.CC(=O)c1ccc(F)cc1.CC(N)c1ccc(F)c(N2CCOCC2)c1.CC(N=[N+]=[N-])c1ccc(F)c(N2CCOCC2)c1.CC(O)c1ccc(F)c(N)c1.CC(O)c1ccc(F)c(N2CCOCC2)c1. The van der Waals surface area contributed by atoms with Crippen LogP contribution in [0, 0.1) is 50.8 Å². The summed E-state index contributed by atoms with van der Waals surface area (Å²) in [6.07, 6.45) is -1.17. The van der Waals surface area contributed by atoms with Crippen molar-refractivity contribution < 1.29 is 74.5 Å². The maximum Gasteiger partial charge on any atom is 0.305 e. The number of nitrogens with zero attached hydrogens (tertiary/aromatic N) is 7. The van der Waals surface area contributed by atoms with Crippen molar-refractivity contribution in [2.75, 3.05) is 105 Å². The summed E-state index contributed by atoms with van der Waals surface area (Å²) in [5.41, 5.74) is 30.1. The molecule has 0 radical (unpaired) electrons. The van der Waals surface area contributed by atoms with Gasteiger partial charge in [-0.25, -0.2) is 26.3 Å². The number of nitro groups is 1. The zero-order valence-electron chi connectivity index (χ0n) is 53.7. The molecule has 0 saturated carbocycles. The lowest BCUT2D eigenvalue weighted by atomic mass is 10.1. The summed E-state index contributed by atoms with van der Waals surface area (Å²) in [6.45, 7) is 19.1. The first-order valence-corrected chi connectivity index (χ1v) is 29.9. The number of Topliss-reactive ketones (excluding diaryl/α,β-unsaturated/α-hetero) is 3. The van der Waals surface area contributed by atoms with E-state index in [1.807, 2.05) is 27.7 Å². The molecule has 510 valence electrons. The van der Waals surface area contributed by atoms with E-state index in [-0.39, 0.29) is 69.6 Å². The molecule has 0 spiro atoms. The quantitative estimate of drug-likeness (QED) is 0.0111. The minimum atomic E-state index is -0.935. The van der Waals surface area contributed by atoms with Crippen molar-refractivity contribution in [3.63, 3.8) is 0 Å². The van der Waals surface area contributed by atoms with Gasteiger partial charge in [0, 0.05) is 73.0 Å². The fraction of sp³-hybridized carbons (Fsp3) is 0.338. The summed E-state index contributed by atoms with van der Waals surface area (Å²) >= 11 is 0. The lowest BCUT2D eigenvalue weighted by Crippen LogP contribution is -2.36. The summed E-state index contributed by atoms with van der Waals surface area (Å²) in [4.78, 5) is 50.2. The fourth-order valence-electron chi connectivity index (χ4n) is 8.82. The molecule has 7 aromatic rings. The van der Waals surface area contributed by atoms with E-state index in [0.29, 0.717) is 99.6 Å². The van der Waals surface area contributed by atoms with Crippen LogP contribution in [0.5, 0.6) is 0 Å². The highest BCUT2D eigenvalue weighted by atomic mass is 19.2. The Morgan fingerprint density at radius 1 is 0.495 bits per heavy atom. The van der Waals surface area contributed by atoms with Gasteiger partial charge in [0.1, 0.15) is 34.9 Å². The normalized spacial score (nSPS) is 14.4. The summed E-state index contributed by atoms with van der Waals surface area (Å²) < 4.78 is 107. The van der Waals surface area contributed by atoms with Crippen LogP contribution in [0.15, 0.2) is 139 Å². The Bertz CT molecular complexity index is 3620. The number of halogens is 7. The number of ketones is 3. The second kappa shape index (κ2) is 39.3. The maximum absolute atomic E-state index is 13.8. The van der Waals surface area contributed by atoms with Gasteiger partial charge >= 0.3 is 5.69 Å². The summed E-state index contributed by atoms with van der Waals surface area (Å²) in [5, 5.41) is 32.4. The number of morpholine rings is 3. The number of anilines is 5. The monoisotopic (exact) mass is 1330 g/mol. The van der Waals surface area contributed by atoms with Gasteiger partial charge in [-0.2, -0.15) is 4.39 Å². The van der Waals surface area contributed by atoms with Gasteiger partial charge in [0.25, 0.3) is 0 Å². The number of nitrogen functional groups attached to an aromatic ring is 2. The van der Waals surface area contributed by atoms with Crippen LogP contribution >= 0.6 is 0 Å². The van der Waals surface area contributed by atoms with E-state index in [0.717, 1.165) is 41.9 Å². The number of hydrogen-bond donors (Lipinski definition) is 5. The van der Waals surface area contributed by atoms with Gasteiger partial charge in [0.2, 0.25) is 5.82 Å². The van der Waals surface area contributed by atoms with Crippen molar-refractivity contribution in [1.29, 1.82) is 0 Å². The highest BCUT2D eigenvalue weighted by Crippen LogP contribution is 2.29. The summed E-state index contributed by atoms with van der Waals surface area (Å²) in [6, 6.07) is 30.9. The Kier molecular flexibility index (Phi) is 32.2. The molecule has 3 heterocycles. The lowest BCUT2D eigenvalue weighted by Gasteiger charge is -2.29. The smallest absolute Gasteiger partial charge is 0.305 e. The van der Waals surface area contributed by atoms with Crippen molar-refractivity contribution in [3.8, 4) is 0 Å². The molecule has 3 aliphatic heterocycles. The Labute approximate surface area is 546 Å². The third kappa shape index (κ3) is 25.8. The standard InChI is InChI=1S/C12H15FN4O.C12H17FN2O.C12H16FNO2.C8H6FNO3.C8H10FNO.C8H8FNO.C8H7FO/c1-9(15-16-14)10-2-3-11(13)12(8-10)17-4-6-18-7-5-17;1-9(14)10-2-3-11(13)12(8-10)15-4-6-16-7-5-15;1-9(15)10-2-3-11(13)12(8-10)14-4-6-16-7-5-14;1-5(11)6-2-3-7(9)8(4-6)10(12)13;2*1-5(11)6-2-3-7(9)8(10)4-6;1-6(10)7-2-4-8(9)5-3-7/h2-3,8-9H,4-7H2,1H3;2-3,8-9H,4-7,14H2,1H3;2-3,8-9,15H,4-7H2,1H3;2-4H,1H3;2-5,11H,10H2,1H3;2-4H,10H2,1H3;2-5H,1H3. The molecule has 4 unspecified atom stereocenters. The molecule has 10 rings (SSSR count). The number of azide groups is 1. The van der Waals surface area contributed by atoms with Crippen LogP contribution in [0.25, 0.3) is 10.4 Å². The Morgan fingerprint density at radius 2 is 0.821 bits per heavy atom. The molecule has 0 aliphatic carbocycles. The second-order valence-electron chi connectivity index (χ2n) is 21.6. The predicted molar refractivity (Wildman–Crippen MR) is 351 cm³/mol. The number of benzene rings is 7. The van der Waals surface area contributed by atoms with Crippen LogP contribution in [-0.2, 0) is 14.2 Å². The largest absolute Gasteiger partial charge is 0.396 e. The molecule has 3 aliphatic rings. The number of ether oxygens (including phenoxy) is 3. The van der Waals surface area contributed by atoms with Gasteiger partial charge in [-0.1, -0.05) is 36.3 Å². The highest BCUT2D eigenvalue weighted by Gasteiger charge is 2.20. The van der Waals surface area contributed by atoms with Crippen molar-refractivity contribution in [3.05, 3.63) is 234 Å². The van der Waals surface area contributed by atoms with Crippen LogP contribution in [0.1, 0.15) is 126 Å². The number of nitrogens with two attached hydrogens (primary N) is 3. The number of carbonyl (C=O) groups excluding carboxylic acids is 3. The summed E-state index contributed by atoms with van der Waals surface area (Å²) in [5.74, 6) is -3.37. The Balaban J connectivity index is 0.000000238. The predicted octanol–water partition coefficient (Wildman–Crippen LogP) is 13.5. The van der Waals surface area contributed by atoms with Crippen molar-refractivity contribution >= 4 is 51.5 Å². The zero-order chi connectivity index (χ0) is 70.5. The average Bonchev–Trinajstić information content (AvgIpc) is 0.924. The molecule has 95 heavy (non-hydrogen) atoms. The van der Waals surface area contributed by atoms with Gasteiger partial charge < -0.3 is 56.3 Å². The van der Waals surface area contributed by atoms with Crippen molar-refractivity contribution in [1.82, 2.24) is 0 Å². The lowest BCUT2D eigenvalue weighted by molar-refractivity contribution is -0.387. The number of rotatable bonds is 12. The average molecular weight is 1330 g/mol. The van der Waals surface area contributed by atoms with Gasteiger partial charge in [0.15, 0.2) is 17.3 Å². The Hall–Kier alpha value is -9.47. The first kappa shape index (κ1) is 78.0. The molecule has 0 bridgehead atoms. The van der Waals surface area contributed by atoms with Gasteiger partial charge in [-0.3, -0.25) is 24.5 Å². The fourth-order valence-corrected chi connectivity index (χ4v) is 8.82. The second-order valence-corrected chi connectivity index (χ2v) is 21.6. The van der Waals surface area contributed by atoms with E-state index >= 15 is 0 Å². The number of nitro benzene ring substituents is 1. The topological polar surface area (TPSA) is 299 Å². The van der Waals surface area contributed by atoms with Gasteiger partial charge in [-0.15, -0.1) is 0 Å². The van der Waals surface area contributed by atoms with Crippen LogP contribution in [0.3, 0.4) is 0 Å². The van der Waals surface area contributed by atoms with Crippen LogP contribution in [0.4, 0.5) is 64.9 Å². The molecule has 3 fully saturated rings. The zero-order valence-corrected chi connectivity index (χ0v) is 53.7. The molecule has 7 aromatic carbocycles. The van der Waals surface area contributed by atoms with Gasteiger partial charge in [-0.05, 0) is 172 Å². The highest BCUT2D eigenvalue weighted by molar-refractivity contribution is 5.95. The number of aliphatic hydroxyl groups is 2. The molecule has 0 aromatic heterocycles. The number of aliphatic hydroxyl groups excluding tert-OH is 2. The molecule has 8 N–H and O–H groups in total. The number of carbonyl (C=O) groups is 3. The van der Waals surface area contributed by atoms with E-state index in [4.69, 9.17) is 42.0 Å². The minimum absolute atomic E-state index is 0.0118. The van der Waals surface area contributed by atoms with Crippen LogP contribution in [0.2, 0.25) is 0 Å². The third-order valence-corrected chi connectivity index (χ3v) is 14.4. The molecule has 20 nitrogen and oxygen atoms in total. The van der Waals surface area contributed by atoms with Gasteiger partial charge in [0.05, 0.1) is 91.3 Å². The van der Waals surface area contributed by atoms with Crippen molar-refractivity contribution in [2.24, 2.45) is 10.8 Å². The maximum atomic E-state index is 13.8. The Morgan fingerprint density at radius 3 is 1.19 bits per heavy atom. The van der Waals surface area contributed by atoms with E-state index < -0.39 is 40.3 Å². The molecular weight excluding hydrogens is 1250 g/mol. The first-order chi connectivity index (χ1) is 45.0.